The SMILES string of the molecule is Cc1nc(CNC2=NCC(C)(C)CN2)oc1C. The van der Waals surface area contributed by atoms with E-state index < -0.39 is 0 Å². The topological polar surface area (TPSA) is 62.5 Å². The van der Waals surface area contributed by atoms with Gasteiger partial charge >= 0.3 is 0 Å². The van der Waals surface area contributed by atoms with Crippen molar-refractivity contribution >= 4 is 5.96 Å². The molecule has 0 saturated carbocycles. The molecule has 0 atom stereocenters. The Labute approximate surface area is 102 Å². The van der Waals surface area contributed by atoms with Gasteiger partial charge in [-0.05, 0) is 13.8 Å². The molecule has 0 fully saturated rings. The summed E-state index contributed by atoms with van der Waals surface area (Å²) in [5, 5.41) is 6.47. The summed E-state index contributed by atoms with van der Waals surface area (Å²) in [4.78, 5) is 8.76. The summed E-state index contributed by atoms with van der Waals surface area (Å²) >= 11 is 0. The summed E-state index contributed by atoms with van der Waals surface area (Å²) < 4.78 is 5.49. The second-order valence-corrected chi connectivity index (χ2v) is 5.29. The molecule has 0 radical (unpaired) electrons. The zero-order chi connectivity index (χ0) is 12.5. The summed E-state index contributed by atoms with van der Waals surface area (Å²) in [7, 11) is 0. The van der Waals surface area contributed by atoms with Crippen molar-refractivity contribution in [2.24, 2.45) is 10.4 Å². The summed E-state index contributed by atoms with van der Waals surface area (Å²) in [6.07, 6.45) is 0. The van der Waals surface area contributed by atoms with Gasteiger partial charge in [-0.2, -0.15) is 0 Å². The standard InChI is InChI=1S/C12H20N4O/c1-8-9(2)17-10(16-8)5-13-11-14-6-12(3,4)7-15-11/h5-7H2,1-4H3,(H2,13,14,15). The molecule has 0 spiro atoms. The van der Waals surface area contributed by atoms with Gasteiger partial charge in [-0.1, -0.05) is 13.8 Å². The Balaban J connectivity index is 1.89. The van der Waals surface area contributed by atoms with Crippen molar-refractivity contribution < 1.29 is 4.42 Å². The van der Waals surface area contributed by atoms with E-state index in [1.807, 2.05) is 13.8 Å². The number of rotatable bonds is 2. The van der Waals surface area contributed by atoms with Crippen LogP contribution in [0.15, 0.2) is 9.41 Å². The molecule has 1 aliphatic heterocycles. The molecule has 0 unspecified atom stereocenters. The van der Waals surface area contributed by atoms with Crippen molar-refractivity contribution in [3.05, 3.63) is 17.3 Å². The molecule has 94 valence electrons. The fourth-order valence-corrected chi connectivity index (χ4v) is 1.62. The van der Waals surface area contributed by atoms with Crippen LogP contribution in [0.1, 0.15) is 31.2 Å². The number of aromatic nitrogens is 1. The highest BCUT2D eigenvalue weighted by Gasteiger charge is 2.22. The summed E-state index contributed by atoms with van der Waals surface area (Å²) in [6.45, 7) is 10.6. The monoisotopic (exact) mass is 236 g/mol. The van der Waals surface area contributed by atoms with Crippen LogP contribution in [0.5, 0.6) is 0 Å². The van der Waals surface area contributed by atoms with Crippen LogP contribution in [0.2, 0.25) is 0 Å². The third-order valence-corrected chi connectivity index (χ3v) is 2.88. The molecule has 1 aliphatic rings. The maximum atomic E-state index is 5.49. The van der Waals surface area contributed by atoms with Crippen LogP contribution in [0.3, 0.4) is 0 Å². The highest BCUT2D eigenvalue weighted by Crippen LogP contribution is 2.16. The van der Waals surface area contributed by atoms with E-state index in [1.54, 1.807) is 0 Å². The van der Waals surface area contributed by atoms with Gasteiger partial charge in [0.1, 0.15) is 5.76 Å². The highest BCUT2D eigenvalue weighted by molar-refractivity contribution is 5.80. The van der Waals surface area contributed by atoms with E-state index in [9.17, 15) is 0 Å². The van der Waals surface area contributed by atoms with Crippen LogP contribution in [-0.4, -0.2) is 24.0 Å². The fourth-order valence-electron chi connectivity index (χ4n) is 1.62. The second kappa shape index (κ2) is 4.39. The normalized spacial score (nSPS) is 18.5. The zero-order valence-corrected chi connectivity index (χ0v) is 10.9. The first-order chi connectivity index (χ1) is 7.96. The Morgan fingerprint density at radius 3 is 2.71 bits per heavy atom. The summed E-state index contributed by atoms with van der Waals surface area (Å²) in [6, 6.07) is 0. The second-order valence-electron chi connectivity index (χ2n) is 5.29. The molecule has 0 saturated heterocycles. The molecule has 0 bridgehead atoms. The summed E-state index contributed by atoms with van der Waals surface area (Å²) in [5.74, 6) is 2.41. The van der Waals surface area contributed by atoms with Crippen LogP contribution in [0.4, 0.5) is 0 Å². The number of nitrogens with one attached hydrogen (secondary N) is 2. The predicted molar refractivity (Wildman–Crippen MR) is 66.9 cm³/mol. The number of oxazole rings is 1. The van der Waals surface area contributed by atoms with Gasteiger partial charge in [-0.25, -0.2) is 4.98 Å². The molecular formula is C12H20N4O. The largest absolute Gasteiger partial charge is 0.444 e. The maximum Gasteiger partial charge on any atom is 0.214 e. The van der Waals surface area contributed by atoms with E-state index in [1.165, 1.54) is 0 Å². The average Bonchev–Trinajstić information content (AvgIpc) is 2.57. The van der Waals surface area contributed by atoms with Gasteiger partial charge in [0.25, 0.3) is 0 Å². The lowest BCUT2D eigenvalue weighted by atomic mass is 9.93. The van der Waals surface area contributed by atoms with E-state index in [4.69, 9.17) is 4.42 Å². The average molecular weight is 236 g/mol. The Hall–Kier alpha value is -1.52. The van der Waals surface area contributed by atoms with Crippen LogP contribution in [0.25, 0.3) is 0 Å². The molecule has 0 aromatic carbocycles. The number of aliphatic imine (C=N–C) groups is 1. The number of guanidine groups is 1. The lowest BCUT2D eigenvalue weighted by Crippen LogP contribution is -2.47. The molecular weight excluding hydrogens is 216 g/mol. The minimum Gasteiger partial charge on any atom is -0.444 e. The molecule has 1 aromatic heterocycles. The third-order valence-electron chi connectivity index (χ3n) is 2.88. The van der Waals surface area contributed by atoms with E-state index in [2.05, 4.69) is 34.5 Å². The Morgan fingerprint density at radius 1 is 1.41 bits per heavy atom. The molecule has 1 aromatic rings. The lowest BCUT2D eigenvalue weighted by molar-refractivity contribution is 0.357. The molecule has 2 rings (SSSR count). The third kappa shape index (κ3) is 2.99. The molecule has 5 heteroatoms. The van der Waals surface area contributed by atoms with Crippen LogP contribution < -0.4 is 10.6 Å². The Kier molecular flexibility index (Phi) is 3.09. The van der Waals surface area contributed by atoms with Crippen molar-refractivity contribution in [2.75, 3.05) is 13.1 Å². The number of hydrogen-bond acceptors (Lipinski definition) is 5. The van der Waals surface area contributed by atoms with Gasteiger partial charge < -0.3 is 15.1 Å². The van der Waals surface area contributed by atoms with Crippen LogP contribution in [-0.2, 0) is 6.54 Å². The first-order valence-corrected chi connectivity index (χ1v) is 5.91. The Morgan fingerprint density at radius 2 is 2.18 bits per heavy atom. The molecule has 0 amide bonds. The van der Waals surface area contributed by atoms with Gasteiger partial charge in [-0.3, -0.25) is 4.99 Å². The predicted octanol–water partition coefficient (Wildman–Crippen LogP) is 1.37. The zero-order valence-electron chi connectivity index (χ0n) is 10.9. The lowest BCUT2D eigenvalue weighted by Gasteiger charge is -2.29. The van der Waals surface area contributed by atoms with Gasteiger partial charge in [0.15, 0.2) is 5.96 Å². The minimum atomic E-state index is 0.237. The molecule has 2 heterocycles. The van der Waals surface area contributed by atoms with Crippen molar-refractivity contribution in [3.63, 3.8) is 0 Å². The van der Waals surface area contributed by atoms with Crippen molar-refractivity contribution in [2.45, 2.75) is 34.2 Å². The first-order valence-electron chi connectivity index (χ1n) is 5.91. The summed E-state index contributed by atoms with van der Waals surface area (Å²) in [5.41, 5.74) is 1.18. The maximum absolute atomic E-state index is 5.49. The number of hydrogen-bond donors (Lipinski definition) is 2. The smallest absolute Gasteiger partial charge is 0.214 e. The van der Waals surface area contributed by atoms with Gasteiger partial charge in [0.05, 0.1) is 12.2 Å². The van der Waals surface area contributed by atoms with Gasteiger partial charge in [0.2, 0.25) is 5.89 Å². The number of aryl methyl sites for hydroxylation is 2. The molecule has 2 N–H and O–H groups in total. The van der Waals surface area contributed by atoms with Crippen molar-refractivity contribution in [1.29, 1.82) is 0 Å². The quantitative estimate of drug-likeness (QED) is 0.814. The van der Waals surface area contributed by atoms with Gasteiger partial charge in [-0.15, -0.1) is 0 Å². The number of nitrogens with zero attached hydrogens (tertiary/aromatic N) is 2. The van der Waals surface area contributed by atoms with Crippen LogP contribution >= 0.6 is 0 Å². The highest BCUT2D eigenvalue weighted by atomic mass is 16.4. The fraction of sp³-hybridized carbons (Fsp3) is 0.667. The van der Waals surface area contributed by atoms with E-state index in [0.29, 0.717) is 12.4 Å². The molecule has 17 heavy (non-hydrogen) atoms. The molecule has 0 aliphatic carbocycles. The van der Waals surface area contributed by atoms with E-state index in [0.717, 1.165) is 30.5 Å². The minimum absolute atomic E-state index is 0.237. The van der Waals surface area contributed by atoms with Crippen molar-refractivity contribution in [3.8, 4) is 0 Å². The van der Waals surface area contributed by atoms with Crippen molar-refractivity contribution in [1.82, 2.24) is 15.6 Å². The Bertz CT molecular complexity index is 414. The van der Waals surface area contributed by atoms with E-state index >= 15 is 0 Å². The van der Waals surface area contributed by atoms with Crippen LogP contribution in [0, 0.1) is 19.3 Å². The van der Waals surface area contributed by atoms with Gasteiger partial charge in [0, 0.05) is 18.5 Å². The van der Waals surface area contributed by atoms with E-state index in [-0.39, 0.29) is 5.41 Å². The first kappa shape index (κ1) is 12.0. The molecule has 5 nitrogen and oxygen atoms in total.